The Morgan fingerprint density at radius 2 is 1.76 bits per heavy atom. The summed E-state index contributed by atoms with van der Waals surface area (Å²) in [5.74, 6) is -0.434. The number of hydrogen-bond acceptors (Lipinski definition) is 3. The molecule has 1 aliphatic rings. The van der Waals surface area contributed by atoms with Gasteiger partial charge in [0.05, 0.1) is 5.75 Å². The molecule has 0 atom stereocenters. The highest BCUT2D eigenvalue weighted by Gasteiger charge is 2.32. The molecule has 0 radical (unpaired) electrons. The Kier molecular flexibility index (Phi) is 6.93. The van der Waals surface area contributed by atoms with E-state index in [2.05, 4.69) is 5.32 Å². The molecule has 1 fully saturated rings. The van der Waals surface area contributed by atoms with Gasteiger partial charge in [-0.25, -0.2) is 12.7 Å². The van der Waals surface area contributed by atoms with Crippen LogP contribution in [-0.2, 0) is 10.0 Å². The van der Waals surface area contributed by atoms with Crippen LogP contribution in [0.3, 0.4) is 0 Å². The Balaban J connectivity index is 2.44. The molecule has 0 aromatic carbocycles. The second-order valence-electron chi connectivity index (χ2n) is 5.61. The van der Waals surface area contributed by atoms with Gasteiger partial charge in [0, 0.05) is 25.6 Å². The molecule has 0 bridgehead atoms. The van der Waals surface area contributed by atoms with E-state index in [1.54, 1.807) is 0 Å². The predicted molar refractivity (Wildman–Crippen MR) is 76.6 cm³/mol. The molecular formula is C13H25F3N2O2S. The lowest BCUT2D eigenvalue weighted by molar-refractivity contribution is -0.134. The van der Waals surface area contributed by atoms with Crippen LogP contribution in [0.1, 0.15) is 45.4 Å². The van der Waals surface area contributed by atoms with Crippen molar-refractivity contribution in [3.05, 3.63) is 0 Å². The lowest BCUT2D eigenvalue weighted by Gasteiger charge is -2.34. The molecule has 1 aliphatic carbocycles. The van der Waals surface area contributed by atoms with Crippen molar-refractivity contribution in [3.63, 3.8) is 0 Å². The van der Waals surface area contributed by atoms with Crippen LogP contribution >= 0.6 is 0 Å². The number of sulfonamides is 1. The number of alkyl halides is 3. The van der Waals surface area contributed by atoms with Crippen LogP contribution in [-0.4, -0.2) is 50.3 Å². The fourth-order valence-corrected chi connectivity index (χ4v) is 4.22. The molecule has 21 heavy (non-hydrogen) atoms. The third kappa shape index (κ3) is 6.52. The zero-order valence-electron chi connectivity index (χ0n) is 12.6. The first-order chi connectivity index (χ1) is 9.65. The second kappa shape index (κ2) is 7.78. The van der Waals surface area contributed by atoms with Crippen LogP contribution in [0.15, 0.2) is 0 Å². The van der Waals surface area contributed by atoms with Crippen LogP contribution in [0.4, 0.5) is 13.2 Å². The van der Waals surface area contributed by atoms with Crippen molar-refractivity contribution >= 4 is 10.0 Å². The molecule has 1 saturated carbocycles. The van der Waals surface area contributed by atoms with Crippen LogP contribution in [0, 0.1) is 0 Å². The maximum atomic E-state index is 12.1. The molecule has 8 heteroatoms. The summed E-state index contributed by atoms with van der Waals surface area (Å²) in [4.78, 5) is 0. The van der Waals surface area contributed by atoms with Gasteiger partial charge in [0.25, 0.3) is 0 Å². The average molecular weight is 330 g/mol. The Bertz CT molecular complexity index is 404. The lowest BCUT2D eigenvalue weighted by Crippen LogP contribution is -2.44. The zero-order valence-corrected chi connectivity index (χ0v) is 13.4. The smallest absolute Gasteiger partial charge is 0.314 e. The van der Waals surface area contributed by atoms with Gasteiger partial charge in [-0.2, -0.15) is 13.2 Å². The van der Waals surface area contributed by atoms with E-state index in [1.807, 2.05) is 6.92 Å². The summed E-state index contributed by atoms with van der Waals surface area (Å²) in [5.41, 5.74) is 0. The number of nitrogens with zero attached hydrogens (tertiary/aromatic N) is 1. The Morgan fingerprint density at radius 1 is 1.19 bits per heavy atom. The first-order valence-corrected chi connectivity index (χ1v) is 9.02. The number of nitrogens with one attached hydrogen (secondary N) is 1. The Labute approximate surface area is 125 Å². The van der Waals surface area contributed by atoms with E-state index in [0.29, 0.717) is 6.04 Å². The van der Waals surface area contributed by atoms with Crippen molar-refractivity contribution in [2.75, 3.05) is 19.3 Å². The summed E-state index contributed by atoms with van der Waals surface area (Å²) >= 11 is 0. The summed E-state index contributed by atoms with van der Waals surface area (Å²) in [5, 5.41) is 3.34. The van der Waals surface area contributed by atoms with Crippen molar-refractivity contribution in [2.45, 2.75) is 63.7 Å². The quantitative estimate of drug-likeness (QED) is 0.780. The Hall–Kier alpha value is -0.340. The third-order valence-corrected chi connectivity index (χ3v) is 5.99. The van der Waals surface area contributed by atoms with Gasteiger partial charge >= 0.3 is 6.18 Å². The van der Waals surface area contributed by atoms with E-state index in [1.165, 1.54) is 11.4 Å². The Morgan fingerprint density at radius 3 is 2.24 bits per heavy atom. The molecule has 0 amide bonds. The molecule has 0 aliphatic heterocycles. The molecule has 0 aromatic rings. The van der Waals surface area contributed by atoms with E-state index in [0.717, 1.165) is 32.2 Å². The molecule has 0 aromatic heterocycles. The van der Waals surface area contributed by atoms with E-state index in [4.69, 9.17) is 0 Å². The van der Waals surface area contributed by atoms with Crippen LogP contribution in [0.5, 0.6) is 0 Å². The fourth-order valence-electron chi connectivity index (χ4n) is 2.76. The van der Waals surface area contributed by atoms with Crippen LogP contribution < -0.4 is 5.32 Å². The summed E-state index contributed by atoms with van der Waals surface area (Å²) in [6.07, 6.45) is -2.39. The highest BCUT2D eigenvalue weighted by atomic mass is 32.2. The molecule has 4 nitrogen and oxygen atoms in total. The summed E-state index contributed by atoms with van der Waals surface area (Å²) in [6.45, 7) is 2.92. The van der Waals surface area contributed by atoms with Gasteiger partial charge < -0.3 is 5.32 Å². The predicted octanol–water partition coefficient (Wildman–Crippen LogP) is 2.51. The molecule has 0 heterocycles. The molecule has 126 valence electrons. The number of rotatable bonds is 7. The molecule has 1 N–H and O–H groups in total. The van der Waals surface area contributed by atoms with Gasteiger partial charge in [-0.1, -0.05) is 6.92 Å². The molecule has 0 spiro atoms. The maximum Gasteiger partial charge on any atom is 0.389 e. The highest BCUT2D eigenvalue weighted by molar-refractivity contribution is 7.89. The normalized spacial score (nSPS) is 24.5. The minimum absolute atomic E-state index is 0.0872. The van der Waals surface area contributed by atoms with E-state index < -0.39 is 28.4 Å². The maximum absolute atomic E-state index is 12.1. The zero-order chi connectivity index (χ0) is 16.1. The van der Waals surface area contributed by atoms with Gasteiger partial charge in [-0.05, 0) is 38.6 Å². The molecule has 0 saturated heterocycles. The average Bonchev–Trinajstić information content (AvgIpc) is 2.37. The van der Waals surface area contributed by atoms with Crippen molar-refractivity contribution in [2.24, 2.45) is 0 Å². The van der Waals surface area contributed by atoms with E-state index in [-0.39, 0.29) is 12.5 Å². The van der Waals surface area contributed by atoms with Crippen molar-refractivity contribution in [3.8, 4) is 0 Å². The second-order valence-corrected chi connectivity index (χ2v) is 7.76. The van der Waals surface area contributed by atoms with E-state index in [9.17, 15) is 21.6 Å². The number of halogens is 3. The van der Waals surface area contributed by atoms with Gasteiger partial charge in [0.15, 0.2) is 0 Å². The largest absolute Gasteiger partial charge is 0.389 e. The third-order valence-electron chi connectivity index (χ3n) is 4.01. The molecule has 0 unspecified atom stereocenters. The first-order valence-electron chi connectivity index (χ1n) is 7.41. The summed E-state index contributed by atoms with van der Waals surface area (Å²) in [6, 6.07) is 0.336. The first kappa shape index (κ1) is 18.7. The molecule has 1 rings (SSSR count). The van der Waals surface area contributed by atoms with Crippen molar-refractivity contribution < 1.29 is 21.6 Å². The van der Waals surface area contributed by atoms with Crippen molar-refractivity contribution in [1.29, 1.82) is 0 Å². The van der Waals surface area contributed by atoms with Gasteiger partial charge in [0.2, 0.25) is 10.0 Å². The highest BCUT2D eigenvalue weighted by Crippen LogP contribution is 2.26. The number of hydrogen-bond donors (Lipinski definition) is 1. The minimum Gasteiger partial charge on any atom is -0.314 e. The lowest BCUT2D eigenvalue weighted by atomic mass is 9.91. The van der Waals surface area contributed by atoms with Gasteiger partial charge in [0.1, 0.15) is 0 Å². The van der Waals surface area contributed by atoms with Crippen LogP contribution in [0.25, 0.3) is 0 Å². The fraction of sp³-hybridized carbons (Fsp3) is 1.00. The molecular weight excluding hydrogens is 305 g/mol. The standard InChI is InChI=1S/C13H25F3N2O2S/c1-3-17-11-5-7-12(8-6-11)18(2)21(19,20)10-4-9-13(14,15)16/h11-12,17H,3-10H2,1-2H3. The topological polar surface area (TPSA) is 49.4 Å². The van der Waals surface area contributed by atoms with Gasteiger partial charge in [-0.15, -0.1) is 0 Å². The van der Waals surface area contributed by atoms with Gasteiger partial charge in [-0.3, -0.25) is 0 Å². The monoisotopic (exact) mass is 330 g/mol. The minimum atomic E-state index is -4.29. The van der Waals surface area contributed by atoms with E-state index >= 15 is 0 Å². The van der Waals surface area contributed by atoms with Crippen LogP contribution in [0.2, 0.25) is 0 Å². The van der Waals surface area contributed by atoms with Crippen molar-refractivity contribution in [1.82, 2.24) is 9.62 Å². The summed E-state index contributed by atoms with van der Waals surface area (Å²) in [7, 11) is -2.11. The SMILES string of the molecule is CCNC1CCC(N(C)S(=O)(=O)CCCC(F)(F)F)CC1. The summed E-state index contributed by atoms with van der Waals surface area (Å²) < 4.78 is 61.7.